The Balaban J connectivity index is 1.41. The Hall–Kier alpha value is -3.86. The first-order valence-electron chi connectivity index (χ1n) is 12.4. The number of halogens is 3. The number of hydrogen-bond donors (Lipinski definition) is 1. The van der Waals surface area contributed by atoms with Crippen molar-refractivity contribution in [2.75, 3.05) is 36.0 Å². The van der Waals surface area contributed by atoms with Gasteiger partial charge in [0.05, 0.1) is 17.7 Å². The standard InChI is InChI=1S/C26H28F3N7O/c27-26(28,29)25-33-22(35-13-8-18(9-14-35)2-1-11-30)16-23(34-25)36-15-10-21(36)24(37)32-12-7-19-3-5-20(17-31)6-4-19/h3-6,16,18,21H,1-2,7-10,12-15H2,(H,32,37). The number of rotatable bonds is 8. The highest BCUT2D eigenvalue weighted by Gasteiger charge is 2.40. The summed E-state index contributed by atoms with van der Waals surface area (Å²) in [5.74, 6) is -0.775. The summed E-state index contributed by atoms with van der Waals surface area (Å²) in [5, 5.41) is 20.5. The van der Waals surface area contributed by atoms with Crippen LogP contribution in [0.3, 0.4) is 0 Å². The number of carbonyl (C=O) groups is 1. The topological polar surface area (TPSA) is 109 Å². The zero-order valence-electron chi connectivity index (χ0n) is 20.3. The van der Waals surface area contributed by atoms with Crippen LogP contribution in [0.5, 0.6) is 0 Å². The molecule has 2 aliphatic rings. The summed E-state index contributed by atoms with van der Waals surface area (Å²) in [6, 6.07) is 12.2. The molecule has 8 nitrogen and oxygen atoms in total. The minimum atomic E-state index is -4.71. The molecule has 1 N–H and O–H groups in total. The van der Waals surface area contributed by atoms with Crippen LogP contribution < -0.4 is 15.1 Å². The number of piperidine rings is 1. The van der Waals surface area contributed by atoms with Gasteiger partial charge in [0.25, 0.3) is 0 Å². The average Bonchev–Trinajstić information content (AvgIpc) is 2.87. The molecule has 1 unspecified atom stereocenters. The van der Waals surface area contributed by atoms with Crippen molar-refractivity contribution in [1.82, 2.24) is 15.3 Å². The fraction of sp³-hybridized carbons (Fsp3) is 0.500. The van der Waals surface area contributed by atoms with Crippen LogP contribution >= 0.6 is 0 Å². The predicted octanol–water partition coefficient (Wildman–Crippen LogP) is 3.82. The van der Waals surface area contributed by atoms with Gasteiger partial charge in [-0.1, -0.05) is 12.1 Å². The van der Waals surface area contributed by atoms with E-state index >= 15 is 0 Å². The SMILES string of the molecule is N#CCCC1CCN(c2cc(N3CCC3C(=O)NCCc3ccc(C#N)cc3)nc(C(F)(F)F)n2)CC1. The minimum absolute atomic E-state index is 0.0995. The van der Waals surface area contributed by atoms with E-state index in [4.69, 9.17) is 10.5 Å². The highest BCUT2D eigenvalue weighted by Crippen LogP contribution is 2.34. The lowest BCUT2D eigenvalue weighted by molar-refractivity contribution is -0.144. The number of anilines is 2. The van der Waals surface area contributed by atoms with Gasteiger partial charge in [0.1, 0.15) is 17.7 Å². The molecule has 37 heavy (non-hydrogen) atoms. The van der Waals surface area contributed by atoms with E-state index in [-0.39, 0.29) is 17.5 Å². The van der Waals surface area contributed by atoms with Crippen LogP contribution in [-0.2, 0) is 17.4 Å². The van der Waals surface area contributed by atoms with Crippen LogP contribution in [0.1, 0.15) is 49.1 Å². The fourth-order valence-corrected chi connectivity index (χ4v) is 4.71. The molecule has 2 saturated heterocycles. The summed E-state index contributed by atoms with van der Waals surface area (Å²) >= 11 is 0. The molecule has 0 aliphatic carbocycles. The van der Waals surface area contributed by atoms with Crippen molar-refractivity contribution >= 4 is 17.5 Å². The zero-order chi connectivity index (χ0) is 26.4. The molecule has 1 aromatic heterocycles. The van der Waals surface area contributed by atoms with Gasteiger partial charge >= 0.3 is 6.18 Å². The Labute approximate surface area is 213 Å². The van der Waals surface area contributed by atoms with E-state index in [9.17, 15) is 18.0 Å². The third-order valence-electron chi connectivity index (χ3n) is 6.97. The fourth-order valence-electron chi connectivity index (χ4n) is 4.71. The number of carbonyl (C=O) groups excluding carboxylic acids is 1. The molecule has 1 aromatic carbocycles. The Morgan fingerprint density at radius 2 is 1.76 bits per heavy atom. The van der Waals surface area contributed by atoms with E-state index in [2.05, 4.69) is 27.4 Å². The van der Waals surface area contributed by atoms with Crippen LogP contribution in [0.4, 0.5) is 24.8 Å². The van der Waals surface area contributed by atoms with Crippen LogP contribution in [0.2, 0.25) is 0 Å². The average molecular weight is 512 g/mol. The van der Waals surface area contributed by atoms with Crippen molar-refractivity contribution in [2.24, 2.45) is 5.92 Å². The van der Waals surface area contributed by atoms with Crippen molar-refractivity contribution in [2.45, 2.75) is 50.7 Å². The largest absolute Gasteiger partial charge is 0.451 e. The molecule has 4 rings (SSSR count). The van der Waals surface area contributed by atoms with E-state index in [1.54, 1.807) is 23.1 Å². The van der Waals surface area contributed by atoms with Gasteiger partial charge < -0.3 is 15.1 Å². The second-order valence-electron chi connectivity index (χ2n) is 9.38. The number of amides is 1. The van der Waals surface area contributed by atoms with E-state index in [1.165, 1.54) is 0 Å². The maximum atomic E-state index is 13.6. The molecule has 2 aliphatic heterocycles. The van der Waals surface area contributed by atoms with Gasteiger partial charge in [0.2, 0.25) is 11.7 Å². The number of hydrogen-bond acceptors (Lipinski definition) is 7. The van der Waals surface area contributed by atoms with Gasteiger partial charge in [-0.05, 0) is 55.7 Å². The summed E-state index contributed by atoms with van der Waals surface area (Å²) in [6.07, 6.45) is -0.764. The summed E-state index contributed by atoms with van der Waals surface area (Å²) in [6.45, 7) is 1.92. The molecule has 3 heterocycles. The van der Waals surface area contributed by atoms with E-state index < -0.39 is 18.0 Å². The molecular formula is C26H28F3N7O. The van der Waals surface area contributed by atoms with Gasteiger partial charge in [-0.2, -0.15) is 23.7 Å². The van der Waals surface area contributed by atoms with E-state index in [0.29, 0.717) is 56.9 Å². The lowest BCUT2D eigenvalue weighted by Crippen LogP contribution is -2.57. The van der Waals surface area contributed by atoms with Crippen molar-refractivity contribution in [3.05, 3.63) is 47.3 Å². The zero-order valence-corrected chi connectivity index (χ0v) is 20.3. The lowest BCUT2D eigenvalue weighted by Gasteiger charge is -2.41. The van der Waals surface area contributed by atoms with Gasteiger partial charge in [-0.3, -0.25) is 4.79 Å². The number of benzene rings is 1. The summed E-state index contributed by atoms with van der Waals surface area (Å²) in [7, 11) is 0. The Kier molecular flexibility index (Phi) is 8.12. The summed E-state index contributed by atoms with van der Waals surface area (Å²) < 4.78 is 40.9. The Morgan fingerprint density at radius 1 is 1.05 bits per heavy atom. The van der Waals surface area contributed by atoms with Gasteiger partial charge in [0, 0.05) is 38.7 Å². The first-order valence-corrected chi connectivity index (χ1v) is 12.4. The summed E-state index contributed by atoms with van der Waals surface area (Å²) in [5.41, 5.74) is 1.53. The van der Waals surface area contributed by atoms with Gasteiger partial charge in [0.15, 0.2) is 0 Å². The molecule has 0 spiro atoms. The number of alkyl halides is 3. The second kappa shape index (κ2) is 11.5. The van der Waals surface area contributed by atoms with E-state index in [1.807, 2.05) is 17.0 Å². The van der Waals surface area contributed by atoms with Gasteiger partial charge in [-0.25, -0.2) is 9.97 Å². The monoisotopic (exact) mass is 511 g/mol. The molecule has 1 atom stereocenters. The van der Waals surface area contributed by atoms with Crippen molar-refractivity contribution in [3.8, 4) is 12.1 Å². The molecule has 0 bridgehead atoms. The van der Waals surface area contributed by atoms with Crippen LogP contribution in [0.15, 0.2) is 30.3 Å². The van der Waals surface area contributed by atoms with Crippen LogP contribution in [-0.4, -0.2) is 48.1 Å². The predicted molar refractivity (Wildman–Crippen MR) is 130 cm³/mol. The molecule has 2 aromatic rings. The summed E-state index contributed by atoms with van der Waals surface area (Å²) in [4.78, 5) is 23.8. The molecule has 0 saturated carbocycles. The Morgan fingerprint density at radius 3 is 2.35 bits per heavy atom. The molecule has 11 heteroatoms. The number of aromatic nitrogens is 2. The minimum Gasteiger partial charge on any atom is -0.356 e. The molecule has 1 amide bonds. The molecule has 0 radical (unpaired) electrons. The first kappa shape index (κ1) is 26.2. The van der Waals surface area contributed by atoms with Crippen molar-refractivity contribution in [1.29, 1.82) is 10.5 Å². The quantitative estimate of drug-likeness (QED) is 0.574. The van der Waals surface area contributed by atoms with Crippen molar-refractivity contribution < 1.29 is 18.0 Å². The van der Waals surface area contributed by atoms with E-state index in [0.717, 1.165) is 24.8 Å². The normalized spacial score (nSPS) is 18.0. The van der Waals surface area contributed by atoms with Gasteiger partial charge in [-0.15, -0.1) is 0 Å². The van der Waals surface area contributed by atoms with Crippen LogP contribution in [0, 0.1) is 28.6 Å². The smallest absolute Gasteiger partial charge is 0.356 e. The Bertz CT molecular complexity index is 1180. The second-order valence-corrected chi connectivity index (χ2v) is 9.38. The number of nitrogens with one attached hydrogen (secondary N) is 1. The third-order valence-corrected chi connectivity index (χ3v) is 6.97. The molecule has 194 valence electrons. The maximum Gasteiger partial charge on any atom is 0.451 e. The molecule has 2 fully saturated rings. The van der Waals surface area contributed by atoms with Crippen LogP contribution in [0.25, 0.3) is 0 Å². The number of nitriles is 2. The maximum absolute atomic E-state index is 13.6. The molecular weight excluding hydrogens is 483 g/mol. The third kappa shape index (κ3) is 6.48. The highest BCUT2D eigenvalue weighted by molar-refractivity contribution is 5.86. The highest BCUT2D eigenvalue weighted by atomic mass is 19.4. The van der Waals surface area contributed by atoms with Crippen molar-refractivity contribution in [3.63, 3.8) is 0 Å². The first-order chi connectivity index (χ1) is 17.8. The number of nitrogens with zero attached hydrogens (tertiary/aromatic N) is 6. The lowest BCUT2D eigenvalue weighted by atomic mass is 9.92.